The van der Waals surface area contributed by atoms with E-state index in [1.165, 1.54) is 75.7 Å². The Hall–Kier alpha value is -7.76. The Bertz CT molecular complexity index is 3550. The number of anilines is 3. The fourth-order valence-electron chi connectivity index (χ4n) is 10.1. The molecule has 0 bridgehead atoms. The maximum Gasteiger partial charge on any atom is 0.140 e. The number of aromatic nitrogens is 4. The Morgan fingerprint density at radius 2 is 0.695 bits per heavy atom. The lowest BCUT2D eigenvalue weighted by molar-refractivity contribution is 0.962. The minimum atomic E-state index is 0.951. The van der Waals surface area contributed by atoms with Gasteiger partial charge in [0.1, 0.15) is 11.6 Å². The summed E-state index contributed by atoms with van der Waals surface area (Å²) in [5, 5.41) is 15.1. The fraction of sp³-hybridized carbons (Fsp3) is 0.0370. The monoisotopic (exact) mass is 753 g/mol. The van der Waals surface area contributed by atoms with Crippen LogP contribution in [-0.2, 0) is 14.1 Å². The Labute approximate surface area is 339 Å². The second-order valence-electron chi connectivity index (χ2n) is 15.9. The highest BCUT2D eigenvalue weighted by Crippen LogP contribution is 2.44. The minimum absolute atomic E-state index is 0.951. The van der Waals surface area contributed by atoms with Gasteiger partial charge in [-0.25, -0.2) is 9.97 Å². The van der Waals surface area contributed by atoms with Gasteiger partial charge in [-0.2, -0.15) is 0 Å². The average molecular weight is 754 g/mol. The number of nitrogens with zero attached hydrogens (tertiary/aromatic N) is 5. The molecule has 0 radical (unpaired) electrons. The van der Waals surface area contributed by atoms with Gasteiger partial charge in [0.2, 0.25) is 0 Å². The summed E-state index contributed by atoms with van der Waals surface area (Å²) in [4.78, 5) is 13.0. The number of rotatable bonds is 5. The van der Waals surface area contributed by atoms with Crippen molar-refractivity contribution in [2.24, 2.45) is 14.1 Å². The summed E-state index contributed by atoms with van der Waals surface area (Å²) in [5.41, 5.74) is 9.79. The van der Waals surface area contributed by atoms with Gasteiger partial charge in [0.15, 0.2) is 0 Å². The molecule has 0 aliphatic carbocycles. The first-order chi connectivity index (χ1) is 29.1. The molecule has 0 unspecified atom stereocenters. The van der Waals surface area contributed by atoms with Crippen molar-refractivity contribution in [3.8, 4) is 22.8 Å². The van der Waals surface area contributed by atoms with Gasteiger partial charge in [-0.3, -0.25) is 0 Å². The molecule has 0 saturated carbocycles. The zero-order chi connectivity index (χ0) is 38.9. The second kappa shape index (κ2) is 11.9. The van der Waals surface area contributed by atoms with Crippen LogP contribution >= 0.6 is 0 Å². The Morgan fingerprint density at radius 3 is 1.10 bits per heavy atom. The van der Waals surface area contributed by atoms with E-state index in [1.54, 1.807) is 0 Å². The fourth-order valence-corrected chi connectivity index (χ4v) is 10.1. The summed E-state index contributed by atoms with van der Waals surface area (Å²) >= 11 is 0. The predicted molar refractivity (Wildman–Crippen MR) is 248 cm³/mol. The van der Waals surface area contributed by atoms with E-state index in [4.69, 9.17) is 9.97 Å². The zero-order valence-electron chi connectivity index (χ0n) is 32.5. The summed E-state index contributed by atoms with van der Waals surface area (Å²) in [7, 11) is 4.30. The van der Waals surface area contributed by atoms with Crippen LogP contribution in [0.2, 0.25) is 0 Å². The molecule has 2 aromatic heterocycles. The molecule has 0 aliphatic rings. The van der Waals surface area contributed by atoms with Gasteiger partial charge in [-0.1, -0.05) is 115 Å². The first kappa shape index (κ1) is 32.3. The second-order valence-corrected chi connectivity index (χ2v) is 15.9. The number of aryl methyl sites for hydroxylation is 2. The topological polar surface area (TPSA) is 38.9 Å². The number of benzene rings is 11. The third-order valence-corrected chi connectivity index (χ3v) is 12.8. The standard InChI is InChI=1S/C54H35N5/c1-57-51-43-18-8-12-34-22-20-32-10-6-16-41(45(32)47(34)43)49(51)55-53(57)36-24-28-39(29-25-36)59(38-14-4-3-5-15-38)40-30-26-37(27-31-40)54-56-50-42-17-7-11-33-21-23-35-13-9-19-44(48(35)46(33)42)52(50)58(54)2/h3-31H,1-2H3. The Morgan fingerprint density at radius 1 is 0.339 bits per heavy atom. The third-order valence-electron chi connectivity index (χ3n) is 12.8. The van der Waals surface area contributed by atoms with Crippen molar-refractivity contribution >= 4 is 104 Å². The molecule has 13 rings (SSSR count). The van der Waals surface area contributed by atoms with Crippen molar-refractivity contribution in [2.45, 2.75) is 0 Å². The van der Waals surface area contributed by atoms with E-state index in [-0.39, 0.29) is 0 Å². The number of imidazole rings is 2. The lowest BCUT2D eigenvalue weighted by Gasteiger charge is -2.25. The van der Waals surface area contributed by atoms with Crippen molar-refractivity contribution in [1.29, 1.82) is 0 Å². The molecule has 59 heavy (non-hydrogen) atoms. The highest BCUT2D eigenvalue weighted by Gasteiger charge is 2.22. The summed E-state index contributed by atoms with van der Waals surface area (Å²) < 4.78 is 4.55. The molecular weight excluding hydrogens is 719 g/mol. The molecule has 276 valence electrons. The molecule has 0 atom stereocenters. The quantitative estimate of drug-likeness (QED) is 0.164. The maximum atomic E-state index is 5.37. The van der Waals surface area contributed by atoms with Crippen molar-refractivity contribution < 1.29 is 0 Å². The lowest BCUT2D eigenvalue weighted by Crippen LogP contribution is -2.09. The van der Waals surface area contributed by atoms with Crippen molar-refractivity contribution in [1.82, 2.24) is 19.1 Å². The molecule has 0 N–H and O–H groups in total. The van der Waals surface area contributed by atoms with E-state index in [1.807, 2.05) is 0 Å². The molecule has 2 heterocycles. The number of hydrogen-bond donors (Lipinski definition) is 0. The van der Waals surface area contributed by atoms with E-state index in [0.717, 1.165) is 50.9 Å². The first-order valence-electron chi connectivity index (χ1n) is 20.2. The molecule has 0 spiro atoms. The van der Waals surface area contributed by atoms with Crippen LogP contribution in [0.5, 0.6) is 0 Å². The molecule has 0 amide bonds. The summed E-state index contributed by atoms with van der Waals surface area (Å²) in [6.07, 6.45) is 0. The minimum Gasteiger partial charge on any atom is -0.327 e. The van der Waals surface area contributed by atoms with Crippen LogP contribution < -0.4 is 4.90 Å². The molecule has 0 saturated heterocycles. The Kier molecular flexibility index (Phi) is 6.51. The van der Waals surface area contributed by atoms with E-state index in [2.05, 4.69) is 204 Å². The van der Waals surface area contributed by atoms with Gasteiger partial charge in [-0.15, -0.1) is 0 Å². The van der Waals surface area contributed by atoms with E-state index in [9.17, 15) is 0 Å². The van der Waals surface area contributed by atoms with E-state index in [0.29, 0.717) is 0 Å². The molecule has 0 aliphatic heterocycles. The van der Waals surface area contributed by atoms with Gasteiger partial charge in [-0.05, 0) is 104 Å². The molecule has 11 aromatic carbocycles. The van der Waals surface area contributed by atoms with Crippen molar-refractivity contribution in [2.75, 3.05) is 4.90 Å². The normalized spacial score (nSPS) is 12.2. The van der Waals surface area contributed by atoms with Crippen molar-refractivity contribution in [3.05, 3.63) is 176 Å². The predicted octanol–water partition coefficient (Wildman–Crippen LogP) is 14.1. The summed E-state index contributed by atoms with van der Waals surface area (Å²) in [6, 6.07) is 63.6. The van der Waals surface area contributed by atoms with Crippen LogP contribution in [0.4, 0.5) is 17.1 Å². The third kappa shape index (κ3) is 4.44. The summed E-state index contributed by atoms with van der Waals surface area (Å²) in [6.45, 7) is 0. The first-order valence-corrected chi connectivity index (χ1v) is 20.2. The van der Waals surface area contributed by atoms with Gasteiger partial charge in [0, 0.05) is 63.8 Å². The highest BCUT2D eigenvalue weighted by molar-refractivity contribution is 6.34. The van der Waals surface area contributed by atoms with Gasteiger partial charge >= 0.3 is 0 Å². The van der Waals surface area contributed by atoms with Gasteiger partial charge in [0.25, 0.3) is 0 Å². The van der Waals surface area contributed by atoms with Gasteiger partial charge < -0.3 is 14.0 Å². The van der Waals surface area contributed by atoms with Gasteiger partial charge in [0.05, 0.1) is 22.1 Å². The van der Waals surface area contributed by atoms with Crippen LogP contribution in [0, 0.1) is 0 Å². The van der Waals surface area contributed by atoms with Crippen LogP contribution in [-0.4, -0.2) is 19.1 Å². The lowest BCUT2D eigenvalue weighted by atomic mass is 9.93. The van der Waals surface area contributed by atoms with E-state index >= 15 is 0 Å². The number of para-hydroxylation sites is 1. The Balaban J connectivity index is 0.917. The number of fused-ring (bicyclic) bond motifs is 6. The number of hydrogen-bond acceptors (Lipinski definition) is 3. The summed E-state index contributed by atoms with van der Waals surface area (Å²) in [5.74, 6) is 1.90. The largest absolute Gasteiger partial charge is 0.327 e. The molecule has 13 aromatic rings. The van der Waals surface area contributed by atoms with Crippen LogP contribution in [0.25, 0.3) is 109 Å². The molecule has 5 nitrogen and oxygen atoms in total. The SMILES string of the molecule is Cn1c(-c2ccc(N(c3ccccc3)c3ccc(-c4nc5c6cccc7ccc8cccc(c8c76)c5n4C)cc3)cc2)nc2c3cccc4ccc5cccc(c5c43)c21. The van der Waals surface area contributed by atoms with Crippen molar-refractivity contribution in [3.63, 3.8) is 0 Å². The van der Waals surface area contributed by atoms with Crippen LogP contribution in [0.3, 0.4) is 0 Å². The zero-order valence-corrected chi connectivity index (χ0v) is 32.5. The maximum absolute atomic E-state index is 5.37. The smallest absolute Gasteiger partial charge is 0.140 e. The van der Waals surface area contributed by atoms with Crippen LogP contribution in [0.15, 0.2) is 176 Å². The van der Waals surface area contributed by atoms with E-state index < -0.39 is 0 Å². The van der Waals surface area contributed by atoms with Crippen LogP contribution in [0.1, 0.15) is 0 Å². The molecule has 0 fully saturated rings. The molecule has 5 heteroatoms. The molecular formula is C54H35N5. The highest BCUT2D eigenvalue weighted by atomic mass is 15.1. The average Bonchev–Trinajstić information content (AvgIpc) is 3.83.